The van der Waals surface area contributed by atoms with Crippen LogP contribution >= 0.6 is 15.9 Å². The Labute approximate surface area is 270 Å². The molecular formula is C34H38BrNO9. The van der Waals surface area contributed by atoms with Crippen molar-refractivity contribution in [1.29, 1.82) is 0 Å². The fourth-order valence-corrected chi connectivity index (χ4v) is 6.58. The molecule has 3 N–H and O–H groups in total. The maximum absolute atomic E-state index is 14.7. The highest BCUT2D eigenvalue weighted by Gasteiger charge is 2.54. The first-order valence-corrected chi connectivity index (χ1v) is 16.0. The highest BCUT2D eigenvalue weighted by molar-refractivity contribution is 9.10. The molecule has 0 aliphatic carbocycles. The van der Waals surface area contributed by atoms with Gasteiger partial charge in [-0.3, -0.25) is 4.79 Å². The van der Waals surface area contributed by atoms with E-state index in [0.29, 0.717) is 69.7 Å². The predicted octanol–water partition coefficient (Wildman–Crippen LogP) is 5.76. The number of ether oxygens (including phenoxy) is 6. The number of fused-ring (bicyclic) bond motifs is 3. The van der Waals surface area contributed by atoms with Gasteiger partial charge in [0.15, 0.2) is 23.0 Å². The molecule has 0 aromatic heterocycles. The van der Waals surface area contributed by atoms with Crippen LogP contribution in [0.2, 0.25) is 0 Å². The van der Waals surface area contributed by atoms with Crippen molar-refractivity contribution in [2.75, 3.05) is 32.1 Å². The number of hydrogen-bond donors (Lipinski definition) is 3. The summed E-state index contributed by atoms with van der Waals surface area (Å²) in [6, 6.07) is 12.5. The lowest BCUT2D eigenvalue weighted by Gasteiger charge is -2.33. The molecule has 11 heteroatoms. The lowest BCUT2D eigenvalue weighted by molar-refractivity contribution is -0.118. The Hall–Kier alpha value is -3.67. The third-order valence-corrected chi connectivity index (χ3v) is 8.57. The van der Waals surface area contributed by atoms with Crippen molar-refractivity contribution in [3.8, 4) is 34.5 Å². The molecule has 0 spiro atoms. The number of aliphatic hydroxyl groups is 2. The number of amides is 1. The molecule has 0 bridgehead atoms. The van der Waals surface area contributed by atoms with Crippen molar-refractivity contribution < 1.29 is 43.4 Å². The molecule has 0 saturated carbocycles. The molecule has 240 valence electrons. The number of aliphatic hydroxyl groups excluding tert-OH is 2. The average Bonchev–Trinajstić information content (AvgIpc) is 3.70. The van der Waals surface area contributed by atoms with Crippen LogP contribution < -0.4 is 33.7 Å². The maximum atomic E-state index is 14.7. The summed E-state index contributed by atoms with van der Waals surface area (Å²) in [6.45, 7) is 8.15. The van der Waals surface area contributed by atoms with Gasteiger partial charge in [-0.15, -0.1) is 0 Å². The highest BCUT2D eigenvalue weighted by Crippen LogP contribution is 2.57. The van der Waals surface area contributed by atoms with Crippen molar-refractivity contribution in [3.63, 3.8) is 0 Å². The van der Waals surface area contributed by atoms with Crippen LogP contribution in [-0.4, -0.2) is 55.1 Å². The average molecular weight is 685 g/mol. The van der Waals surface area contributed by atoms with Crippen molar-refractivity contribution in [1.82, 2.24) is 0 Å². The van der Waals surface area contributed by atoms with Gasteiger partial charge in [-0.1, -0.05) is 43.6 Å². The fourth-order valence-electron chi connectivity index (χ4n) is 6.22. The third kappa shape index (κ3) is 6.01. The van der Waals surface area contributed by atoms with Gasteiger partial charge in [0, 0.05) is 39.0 Å². The summed E-state index contributed by atoms with van der Waals surface area (Å²) < 4.78 is 36.4. The summed E-state index contributed by atoms with van der Waals surface area (Å²) in [5.41, 5.74) is 0.626. The topological polar surface area (TPSA) is 125 Å². The van der Waals surface area contributed by atoms with E-state index in [0.717, 1.165) is 4.47 Å². The zero-order chi connectivity index (χ0) is 31.9. The lowest BCUT2D eigenvalue weighted by Crippen LogP contribution is -2.38. The molecule has 3 aromatic carbocycles. The SMILES string of the molecule is CC(C)C[C@@H](O)COc1cc2c(cc1C1(c3cc4c(cc3OC[C@H](O)CC(C)C)OCO4)C(=O)Nc3ccc(Br)cc31)OCO2. The first kappa shape index (κ1) is 31.3. The van der Waals surface area contributed by atoms with Crippen molar-refractivity contribution in [2.45, 2.75) is 58.2 Å². The quantitative estimate of drug-likeness (QED) is 0.218. The van der Waals surface area contributed by atoms with Crippen LogP contribution in [-0.2, 0) is 10.2 Å². The van der Waals surface area contributed by atoms with Crippen molar-refractivity contribution in [2.24, 2.45) is 11.8 Å². The minimum Gasteiger partial charge on any atom is -0.490 e. The smallest absolute Gasteiger partial charge is 0.244 e. The second kappa shape index (κ2) is 12.6. The second-order valence-corrected chi connectivity index (χ2v) is 13.4. The maximum Gasteiger partial charge on any atom is 0.244 e. The molecule has 6 rings (SSSR count). The van der Waals surface area contributed by atoms with E-state index >= 15 is 0 Å². The van der Waals surface area contributed by atoms with Gasteiger partial charge in [0.25, 0.3) is 0 Å². The van der Waals surface area contributed by atoms with E-state index in [1.54, 1.807) is 24.3 Å². The fraction of sp³-hybridized carbons (Fsp3) is 0.441. The number of halogens is 1. The van der Waals surface area contributed by atoms with E-state index in [2.05, 4.69) is 21.2 Å². The number of anilines is 1. The molecule has 3 heterocycles. The first-order valence-electron chi connectivity index (χ1n) is 15.2. The highest BCUT2D eigenvalue weighted by atomic mass is 79.9. The summed E-state index contributed by atoms with van der Waals surface area (Å²) in [5.74, 6) is 2.68. The number of benzene rings is 3. The van der Waals surface area contributed by atoms with Gasteiger partial charge in [0.2, 0.25) is 19.5 Å². The number of hydrogen-bond acceptors (Lipinski definition) is 9. The van der Waals surface area contributed by atoms with Crippen LogP contribution in [0.5, 0.6) is 34.5 Å². The zero-order valence-corrected chi connectivity index (χ0v) is 27.3. The summed E-state index contributed by atoms with van der Waals surface area (Å²) in [6.07, 6.45) is -0.379. The second-order valence-electron chi connectivity index (χ2n) is 12.5. The lowest BCUT2D eigenvalue weighted by atomic mass is 9.69. The largest absolute Gasteiger partial charge is 0.490 e. The Balaban J connectivity index is 1.58. The molecule has 0 fully saturated rings. The number of carbonyl (C=O) groups excluding carboxylic acids is 1. The van der Waals surface area contributed by atoms with Crippen LogP contribution in [0.25, 0.3) is 0 Å². The standard InChI is InChI=1S/C34H38BrNO9/c1-18(2)7-21(37)14-40-27-12-31-29(42-16-44-31)10-24(27)34(23-9-20(35)5-6-26(23)36-33(34)39)25-11-30-32(45-17-43-30)13-28(25)41-15-22(38)8-19(3)4/h5-6,9-13,18-19,21-22,37-38H,7-8,14-17H2,1-4H3,(H,36,39)/t21-,22-/m1/s1. The van der Waals surface area contributed by atoms with E-state index in [9.17, 15) is 15.0 Å². The molecule has 3 aliphatic rings. The molecular weight excluding hydrogens is 646 g/mol. The molecule has 10 nitrogen and oxygen atoms in total. The molecule has 0 saturated heterocycles. The first-order chi connectivity index (χ1) is 21.6. The summed E-state index contributed by atoms with van der Waals surface area (Å²) in [7, 11) is 0. The Morgan fingerprint density at radius 3 is 1.69 bits per heavy atom. The molecule has 1 amide bonds. The monoisotopic (exact) mass is 683 g/mol. The Bertz CT molecular complexity index is 1510. The van der Waals surface area contributed by atoms with E-state index < -0.39 is 17.6 Å². The molecule has 3 aromatic rings. The number of nitrogens with one attached hydrogen (secondary N) is 1. The van der Waals surface area contributed by atoms with Crippen LogP contribution in [0.1, 0.15) is 57.2 Å². The van der Waals surface area contributed by atoms with Gasteiger partial charge < -0.3 is 44.0 Å². The Morgan fingerprint density at radius 1 is 0.756 bits per heavy atom. The molecule has 45 heavy (non-hydrogen) atoms. The van der Waals surface area contributed by atoms with Crippen LogP contribution in [0.3, 0.4) is 0 Å². The number of rotatable bonds is 12. The normalized spacial score (nSPS) is 17.0. The summed E-state index contributed by atoms with van der Waals surface area (Å²) >= 11 is 3.61. The predicted molar refractivity (Wildman–Crippen MR) is 170 cm³/mol. The van der Waals surface area contributed by atoms with Crippen LogP contribution in [0.4, 0.5) is 5.69 Å². The van der Waals surface area contributed by atoms with Gasteiger partial charge in [0.05, 0.1) is 12.2 Å². The van der Waals surface area contributed by atoms with E-state index in [-0.39, 0.29) is 44.5 Å². The zero-order valence-electron chi connectivity index (χ0n) is 25.7. The van der Waals surface area contributed by atoms with Crippen molar-refractivity contribution >= 4 is 27.5 Å². The van der Waals surface area contributed by atoms with Crippen LogP contribution in [0.15, 0.2) is 46.9 Å². The molecule has 3 aliphatic heterocycles. The summed E-state index contributed by atoms with van der Waals surface area (Å²) in [4.78, 5) is 14.7. The van der Waals surface area contributed by atoms with E-state index in [1.807, 2.05) is 45.9 Å². The Morgan fingerprint density at radius 2 is 1.22 bits per heavy atom. The van der Waals surface area contributed by atoms with E-state index in [4.69, 9.17) is 28.4 Å². The van der Waals surface area contributed by atoms with Crippen LogP contribution in [0, 0.1) is 11.8 Å². The van der Waals surface area contributed by atoms with E-state index in [1.165, 1.54) is 0 Å². The minimum atomic E-state index is -1.54. The molecule has 0 unspecified atom stereocenters. The third-order valence-electron chi connectivity index (χ3n) is 8.08. The Kier molecular flexibility index (Phi) is 8.78. The minimum absolute atomic E-state index is 0.000243. The summed E-state index contributed by atoms with van der Waals surface area (Å²) in [5, 5.41) is 24.6. The molecule has 0 radical (unpaired) electrons. The van der Waals surface area contributed by atoms with Gasteiger partial charge in [-0.25, -0.2) is 0 Å². The number of carbonyl (C=O) groups is 1. The van der Waals surface area contributed by atoms with Gasteiger partial charge >= 0.3 is 0 Å². The molecule has 2 atom stereocenters. The van der Waals surface area contributed by atoms with Gasteiger partial charge in [-0.2, -0.15) is 0 Å². The van der Waals surface area contributed by atoms with Gasteiger partial charge in [0.1, 0.15) is 30.1 Å². The van der Waals surface area contributed by atoms with Gasteiger partial charge in [-0.05, 0) is 55.0 Å². The van der Waals surface area contributed by atoms with Crippen molar-refractivity contribution in [3.05, 3.63) is 63.6 Å².